The van der Waals surface area contributed by atoms with Crippen LogP contribution in [0.3, 0.4) is 0 Å². The lowest BCUT2D eigenvalue weighted by Gasteiger charge is -2.10. The van der Waals surface area contributed by atoms with Crippen LogP contribution in [0.1, 0.15) is 0 Å². The molecule has 0 unspecified atom stereocenters. The molecule has 0 radical (unpaired) electrons. The van der Waals surface area contributed by atoms with E-state index in [9.17, 15) is 12.8 Å². The average molecular weight is 335 g/mol. The van der Waals surface area contributed by atoms with E-state index in [1.54, 1.807) is 0 Å². The second kappa shape index (κ2) is 5.47. The summed E-state index contributed by atoms with van der Waals surface area (Å²) in [7, 11) is -4.09. The summed E-state index contributed by atoms with van der Waals surface area (Å²) in [5, 5.41) is 0.515. The molecule has 0 heterocycles. The van der Waals surface area contributed by atoms with Crippen LogP contribution in [0.2, 0.25) is 10.0 Å². The van der Waals surface area contributed by atoms with Crippen LogP contribution < -0.4 is 10.5 Å². The van der Waals surface area contributed by atoms with Crippen LogP contribution in [0.5, 0.6) is 0 Å². The second-order valence-electron chi connectivity index (χ2n) is 3.95. The maximum atomic E-state index is 13.7. The number of anilines is 2. The number of nitrogens with one attached hydrogen (secondary N) is 1. The molecule has 8 heteroatoms. The van der Waals surface area contributed by atoms with Gasteiger partial charge in [0.2, 0.25) is 0 Å². The fourth-order valence-electron chi connectivity index (χ4n) is 1.56. The Morgan fingerprint density at radius 3 is 2.20 bits per heavy atom. The Labute approximate surface area is 125 Å². The minimum Gasteiger partial charge on any atom is -0.399 e. The molecule has 0 aromatic heterocycles. The summed E-state index contributed by atoms with van der Waals surface area (Å²) in [6, 6.07) is 7.48. The van der Waals surface area contributed by atoms with Gasteiger partial charge in [-0.25, -0.2) is 12.8 Å². The van der Waals surface area contributed by atoms with Gasteiger partial charge in [0.15, 0.2) is 0 Å². The number of benzene rings is 2. The van der Waals surface area contributed by atoms with Gasteiger partial charge in [-0.3, -0.25) is 4.72 Å². The molecule has 0 fully saturated rings. The van der Waals surface area contributed by atoms with Crippen LogP contribution in [0.15, 0.2) is 41.3 Å². The van der Waals surface area contributed by atoms with Crippen LogP contribution in [0.25, 0.3) is 0 Å². The van der Waals surface area contributed by atoms with Gasteiger partial charge in [0.05, 0.1) is 5.69 Å². The van der Waals surface area contributed by atoms with Gasteiger partial charge in [-0.2, -0.15) is 0 Å². The summed E-state index contributed by atoms with van der Waals surface area (Å²) in [4.78, 5) is -0.511. The highest BCUT2D eigenvalue weighted by Gasteiger charge is 2.19. The molecule has 3 N–H and O–H groups in total. The first kappa shape index (κ1) is 14.9. The number of hydrogen-bond donors (Lipinski definition) is 2. The fraction of sp³-hybridized carbons (Fsp3) is 0. The zero-order chi connectivity index (χ0) is 14.9. The minimum atomic E-state index is -4.09. The SMILES string of the molecule is Nc1ccc(S(=O)(=O)Nc2cc(Cl)cc(Cl)c2)c(F)c1. The Bertz CT molecular complexity index is 746. The summed E-state index contributed by atoms with van der Waals surface area (Å²) in [5.41, 5.74) is 5.64. The standard InChI is InChI=1S/C12H9Cl2FN2O2S/c13-7-3-8(14)5-10(4-7)17-20(18,19)12-2-1-9(16)6-11(12)15/h1-6,17H,16H2. The molecule has 2 aromatic carbocycles. The molecule has 0 aliphatic rings. The van der Waals surface area contributed by atoms with Crippen molar-refractivity contribution in [3.05, 3.63) is 52.3 Å². The van der Waals surface area contributed by atoms with E-state index >= 15 is 0 Å². The van der Waals surface area contributed by atoms with Crippen LogP contribution in [-0.2, 0) is 10.0 Å². The lowest BCUT2D eigenvalue weighted by molar-refractivity contribution is 0.571. The molecule has 106 valence electrons. The molecule has 2 aromatic rings. The lowest BCUT2D eigenvalue weighted by atomic mass is 10.3. The molecule has 0 aliphatic carbocycles. The Morgan fingerprint density at radius 2 is 1.65 bits per heavy atom. The number of halogens is 3. The zero-order valence-electron chi connectivity index (χ0n) is 9.90. The van der Waals surface area contributed by atoms with Crippen molar-refractivity contribution < 1.29 is 12.8 Å². The highest BCUT2D eigenvalue weighted by molar-refractivity contribution is 7.92. The van der Waals surface area contributed by atoms with Crippen molar-refractivity contribution in [3.63, 3.8) is 0 Å². The zero-order valence-corrected chi connectivity index (χ0v) is 12.2. The van der Waals surface area contributed by atoms with Crippen LogP contribution in [-0.4, -0.2) is 8.42 Å². The third-order valence-corrected chi connectivity index (χ3v) is 4.21. The molecule has 0 saturated heterocycles. The topological polar surface area (TPSA) is 72.2 Å². The van der Waals surface area contributed by atoms with Crippen LogP contribution >= 0.6 is 23.2 Å². The molecular weight excluding hydrogens is 326 g/mol. The van der Waals surface area contributed by atoms with E-state index < -0.39 is 20.7 Å². The van der Waals surface area contributed by atoms with Gasteiger partial charge in [-0.15, -0.1) is 0 Å². The van der Waals surface area contributed by atoms with Crippen LogP contribution in [0.4, 0.5) is 15.8 Å². The minimum absolute atomic E-state index is 0.132. The van der Waals surface area contributed by atoms with E-state index in [1.165, 1.54) is 24.3 Å². The van der Waals surface area contributed by atoms with E-state index in [0.29, 0.717) is 0 Å². The molecule has 0 bridgehead atoms. The van der Waals surface area contributed by atoms with Crippen molar-refractivity contribution >= 4 is 44.6 Å². The predicted molar refractivity (Wildman–Crippen MR) is 78.1 cm³/mol. The third-order valence-electron chi connectivity index (χ3n) is 2.36. The maximum Gasteiger partial charge on any atom is 0.264 e. The van der Waals surface area contributed by atoms with E-state index in [0.717, 1.165) is 12.1 Å². The number of nitrogens with two attached hydrogens (primary N) is 1. The Kier molecular flexibility index (Phi) is 4.08. The third kappa shape index (κ3) is 3.33. The van der Waals surface area contributed by atoms with E-state index in [-0.39, 0.29) is 21.4 Å². The van der Waals surface area contributed by atoms with E-state index in [2.05, 4.69) is 4.72 Å². The van der Waals surface area contributed by atoms with Crippen molar-refractivity contribution in [2.45, 2.75) is 4.90 Å². The monoisotopic (exact) mass is 334 g/mol. The summed E-state index contributed by atoms with van der Waals surface area (Å²) in [6.07, 6.45) is 0. The highest BCUT2D eigenvalue weighted by atomic mass is 35.5. The van der Waals surface area contributed by atoms with Crippen molar-refractivity contribution in [2.24, 2.45) is 0 Å². The van der Waals surface area contributed by atoms with Crippen molar-refractivity contribution in [1.82, 2.24) is 0 Å². The lowest BCUT2D eigenvalue weighted by Crippen LogP contribution is -2.14. The van der Waals surface area contributed by atoms with Crippen LogP contribution in [0, 0.1) is 5.82 Å². The molecule has 0 aliphatic heterocycles. The smallest absolute Gasteiger partial charge is 0.264 e. The molecule has 20 heavy (non-hydrogen) atoms. The Balaban J connectivity index is 2.40. The number of sulfonamides is 1. The molecule has 4 nitrogen and oxygen atoms in total. The number of rotatable bonds is 3. The summed E-state index contributed by atoms with van der Waals surface area (Å²) in [5.74, 6) is -0.939. The second-order valence-corrected chi connectivity index (χ2v) is 6.48. The van der Waals surface area contributed by atoms with E-state index in [4.69, 9.17) is 28.9 Å². The Hall–Kier alpha value is -1.50. The van der Waals surface area contributed by atoms with Gasteiger partial charge in [-0.05, 0) is 36.4 Å². The highest BCUT2D eigenvalue weighted by Crippen LogP contribution is 2.25. The van der Waals surface area contributed by atoms with Crippen molar-refractivity contribution in [3.8, 4) is 0 Å². The molecule has 0 atom stereocenters. The van der Waals surface area contributed by atoms with Crippen molar-refractivity contribution in [1.29, 1.82) is 0 Å². The first-order valence-electron chi connectivity index (χ1n) is 5.32. The van der Waals surface area contributed by atoms with Crippen molar-refractivity contribution in [2.75, 3.05) is 10.5 Å². The first-order chi connectivity index (χ1) is 9.28. The molecule has 0 saturated carbocycles. The fourth-order valence-corrected chi connectivity index (χ4v) is 3.18. The molecular formula is C12H9Cl2FN2O2S. The number of hydrogen-bond acceptors (Lipinski definition) is 3. The first-order valence-corrected chi connectivity index (χ1v) is 7.56. The molecule has 0 spiro atoms. The van der Waals surface area contributed by atoms with Gasteiger partial charge in [0, 0.05) is 15.7 Å². The largest absolute Gasteiger partial charge is 0.399 e. The summed E-state index contributed by atoms with van der Waals surface area (Å²) >= 11 is 11.5. The predicted octanol–water partition coefficient (Wildman–Crippen LogP) is 3.52. The summed E-state index contributed by atoms with van der Waals surface area (Å²) in [6.45, 7) is 0. The normalized spacial score (nSPS) is 11.3. The molecule has 2 rings (SSSR count). The maximum absolute atomic E-state index is 13.7. The average Bonchev–Trinajstić information content (AvgIpc) is 2.25. The number of nitrogen functional groups attached to an aromatic ring is 1. The van der Waals surface area contributed by atoms with Gasteiger partial charge in [0.1, 0.15) is 10.7 Å². The quantitative estimate of drug-likeness (QED) is 0.843. The van der Waals surface area contributed by atoms with Gasteiger partial charge >= 0.3 is 0 Å². The summed E-state index contributed by atoms with van der Waals surface area (Å²) < 4.78 is 40.0. The van der Waals surface area contributed by atoms with Gasteiger partial charge in [-0.1, -0.05) is 23.2 Å². The Morgan fingerprint density at radius 1 is 1.05 bits per heavy atom. The van der Waals surface area contributed by atoms with Gasteiger partial charge < -0.3 is 5.73 Å². The molecule has 0 amide bonds. The van der Waals surface area contributed by atoms with E-state index in [1.807, 2.05) is 0 Å². The van der Waals surface area contributed by atoms with Gasteiger partial charge in [0.25, 0.3) is 10.0 Å².